The minimum atomic E-state index is -0.443. The van der Waals surface area contributed by atoms with Crippen LogP contribution in [-0.2, 0) is 4.79 Å². The Morgan fingerprint density at radius 3 is 2.54 bits per heavy atom. The molecule has 3 aromatic rings. The highest BCUT2D eigenvalue weighted by Gasteiger charge is 2.23. The van der Waals surface area contributed by atoms with Crippen LogP contribution in [0.3, 0.4) is 0 Å². The number of anilines is 1. The second-order valence-corrected chi connectivity index (χ2v) is 8.13. The van der Waals surface area contributed by atoms with Gasteiger partial charge >= 0.3 is 0 Å². The number of fused-ring (bicyclic) bond motifs is 1. The number of rotatable bonds is 3. The number of aromatic nitrogens is 3. The van der Waals surface area contributed by atoms with Gasteiger partial charge in [-0.15, -0.1) is 0 Å². The zero-order valence-corrected chi connectivity index (χ0v) is 15.5. The number of pyridine rings is 2. The van der Waals surface area contributed by atoms with Crippen molar-refractivity contribution in [1.82, 2.24) is 15.0 Å². The van der Waals surface area contributed by atoms with Crippen molar-refractivity contribution in [1.29, 1.82) is 0 Å². The number of hydrogen-bond acceptors (Lipinski definition) is 3. The summed E-state index contributed by atoms with van der Waals surface area (Å²) in [6.07, 6.45) is 9.61. The molecule has 0 radical (unpaired) electrons. The van der Waals surface area contributed by atoms with Gasteiger partial charge in [-0.05, 0) is 42.5 Å². The number of amides is 1. The van der Waals surface area contributed by atoms with Crippen LogP contribution in [0.25, 0.3) is 22.2 Å². The summed E-state index contributed by atoms with van der Waals surface area (Å²) in [5.41, 5.74) is 3.91. The number of aromatic amines is 1. The first kappa shape index (κ1) is 16.8. The van der Waals surface area contributed by atoms with Crippen LogP contribution in [0, 0.1) is 5.41 Å². The quantitative estimate of drug-likeness (QED) is 0.709. The molecule has 134 valence electrons. The number of H-pyrrole nitrogens is 1. The molecule has 0 spiro atoms. The molecule has 0 unspecified atom stereocenters. The highest BCUT2D eigenvalue weighted by Crippen LogP contribution is 2.40. The van der Waals surface area contributed by atoms with Gasteiger partial charge in [-0.1, -0.05) is 27.2 Å². The van der Waals surface area contributed by atoms with Gasteiger partial charge in [0.15, 0.2) is 0 Å². The van der Waals surface area contributed by atoms with E-state index in [4.69, 9.17) is 0 Å². The molecule has 1 amide bonds. The maximum Gasteiger partial charge on any atom is 0.230 e. The predicted molar refractivity (Wildman–Crippen MR) is 104 cm³/mol. The molecular weight excluding hydrogens is 324 g/mol. The first-order valence-electron chi connectivity index (χ1n) is 9.17. The molecule has 4 rings (SSSR count). The molecule has 2 N–H and O–H groups in total. The van der Waals surface area contributed by atoms with Crippen LogP contribution in [0.4, 0.5) is 5.82 Å². The number of hydrogen-bond donors (Lipinski definition) is 2. The van der Waals surface area contributed by atoms with Crippen LogP contribution >= 0.6 is 0 Å². The minimum absolute atomic E-state index is 0.0432. The summed E-state index contributed by atoms with van der Waals surface area (Å²) in [5, 5.41) is 4.06. The molecule has 1 aliphatic rings. The molecule has 26 heavy (non-hydrogen) atoms. The number of carbonyl (C=O) groups excluding carboxylic acids is 1. The molecular formula is C21H24N4O. The van der Waals surface area contributed by atoms with Gasteiger partial charge in [0, 0.05) is 40.5 Å². The lowest BCUT2D eigenvalue weighted by atomic mass is 9.80. The monoisotopic (exact) mass is 348 g/mol. The standard InChI is InChI=1S/C21H24N4O/c1-21(2,3)20(26)25-18-8-7-14(10-22-18)15-9-16-17(13-5-4-6-13)12-24-19(16)23-11-15/h7-13H,4-6H2,1-3H3,(H,23,24)(H,22,25,26). The van der Waals surface area contributed by atoms with Gasteiger partial charge in [-0.3, -0.25) is 4.79 Å². The second-order valence-electron chi connectivity index (χ2n) is 8.13. The fourth-order valence-electron chi connectivity index (χ4n) is 3.18. The lowest BCUT2D eigenvalue weighted by Crippen LogP contribution is -2.27. The molecule has 5 nitrogen and oxygen atoms in total. The minimum Gasteiger partial charge on any atom is -0.346 e. The summed E-state index contributed by atoms with van der Waals surface area (Å²) >= 11 is 0. The topological polar surface area (TPSA) is 70.7 Å². The third-order valence-corrected chi connectivity index (χ3v) is 5.13. The molecule has 0 atom stereocenters. The first-order valence-corrected chi connectivity index (χ1v) is 9.17. The van der Waals surface area contributed by atoms with E-state index in [9.17, 15) is 4.79 Å². The molecule has 5 heteroatoms. The van der Waals surface area contributed by atoms with Gasteiger partial charge < -0.3 is 10.3 Å². The van der Waals surface area contributed by atoms with Crippen molar-refractivity contribution in [3.05, 3.63) is 42.4 Å². The molecule has 0 aliphatic heterocycles. The fraction of sp³-hybridized carbons (Fsp3) is 0.381. The number of carbonyl (C=O) groups is 1. The van der Waals surface area contributed by atoms with E-state index >= 15 is 0 Å². The van der Waals surface area contributed by atoms with Crippen molar-refractivity contribution < 1.29 is 4.79 Å². The Morgan fingerprint density at radius 2 is 1.92 bits per heavy atom. The third-order valence-electron chi connectivity index (χ3n) is 5.13. The normalized spacial score (nSPS) is 15.0. The molecule has 0 saturated heterocycles. The Labute approximate surface area is 153 Å². The second kappa shape index (κ2) is 6.24. The molecule has 3 heterocycles. The molecule has 1 aliphatic carbocycles. The molecule has 3 aromatic heterocycles. The first-order chi connectivity index (χ1) is 12.4. The molecule has 0 bridgehead atoms. The van der Waals surface area contributed by atoms with Crippen molar-refractivity contribution in [3.8, 4) is 11.1 Å². The van der Waals surface area contributed by atoms with E-state index in [1.807, 2.05) is 39.1 Å². The Hall–Kier alpha value is -2.69. The zero-order valence-electron chi connectivity index (χ0n) is 15.5. The fourth-order valence-corrected chi connectivity index (χ4v) is 3.18. The van der Waals surface area contributed by atoms with Crippen LogP contribution in [-0.4, -0.2) is 20.9 Å². The lowest BCUT2D eigenvalue weighted by molar-refractivity contribution is -0.123. The van der Waals surface area contributed by atoms with E-state index in [1.54, 1.807) is 6.20 Å². The summed E-state index contributed by atoms with van der Waals surface area (Å²) in [6.45, 7) is 5.65. The maximum absolute atomic E-state index is 12.1. The average molecular weight is 348 g/mol. The van der Waals surface area contributed by atoms with Crippen molar-refractivity contribution in [3.63, 3.8) is 0 Å². The maximum atomic E-state index is 12.1. The third kappa shape index (κ3) is 3.09. The van der Waals surface area contributed by atoms with Crippen LogP contribution in [0.15, 0.2) is 36.8 Å². The Kier molecular flexibility index (Phi) is 4.02. The summed E-state index contributed by atoms with van der Waals surface area (Å²) in [5.74, 6) is 1.19. The van der Waals surface area contributed by atoms with Gasteiger partial charge in [-0.25, -0.2) is 9.97 Å². The van der Waals surface area contributed by atoms with Crippen LogP contribution in [0.1, 0.15) is 51.5 Å². The molecule has 1 saturated carbocycles. The van der Waals surface area contributed by atoms with Gasteiger partial charge in [0.2, 0.25) is 5.91 Å². The van der Waals surface area contributed by atoms with E-state index < -0.39 is 5.41 Å². The van der Waals surface area contributed by atoms with Crippen molar-refractivity contribution in [2.24, 2.45) is 5.41 Å². The van der Waals surface area contributed by atoms with Crippen molar-refractivity contribution >= 4 is 22.8 Å². The Morgan fingerprint density at radius 1 is 1.15 bits per heavy atom. The number of nitrogens with one attached hydrogen (secondary N) is 2. The van der Waals surface area contributed by atoms with Crippen LogP contribution in [0.5, 0.6) is 0 Å². The highest BCUT2D eigenvalue weighted by atomic mass is 16.2. The van der Waals surface area contributed by atoms with Gasteiger partial charge in [-0.2, -0.15) is 0 Å². The Balaban J connectivity index is 1.60. The summed E-state index contributed by atoms with van der Waals surface area (Å²) in [7, 11) is 0. The van der Waals surface area contributed by atoms with Crippen LogP contribution in [0.2, 0.25) is 0 Å². The van der Waals surface area contributed by atoms with E-state index in [-0.39, 0.29) is 5.91 Å². The van der Waals surface area contributed by atoms with E-state index in [1.165, 1.54) is 30.2 Å². The van der Waals surface area contributed by atoms with Gasteiger partial charge in [0.25, 0.3) is 0 Å². The summed E-state index contributed by atoms with van der Waals surface area (Å²) in [6, 6.07) is 6.01. The Bertz CT molecular complexity index is 946. The highest BCUT2D eigenvalue weighted by molar-refractivity contribution is 5.94. The summed E-state index contributed by atoms with van der Waals surface area (Å²) < 4.78 is 0. The smallest absolute Gasteiger partial charge is 0.230 e. The molecule has 1 fully saturated rings. The number of nitrogens with zero attached hydrogens (tertiary/aromatic N) is 2. The largest absolute Gasteiger partial charge is 0.346 e. The molecule has 0 aromatic carbocycles. The average Bonchev–Trinajstić information content (AvgIpc) is 2.96. The van der Waals surface area contributed by atoms with E-state index in [0.29, 0.717) is 11.7 Å². The summed E-state index contributed by atoms with van der Waals surface area (Å²) in [4.78, 5) is 24.3. The van der Waals surface area contributed by atoms with Gasteiger partial charge in [0.1, 0.15) is 11.5 Å². The zero-order chi connectivity index (χ0) is 18.3. The van der Waals surface area contributed by atoms with Crippen molar-refractivity contribution in [2.75, 3.05) is 5.32 Å². The van der Waals surface area contributed by atoms with E-state index in [2.05, 4.69) is 32.5 Å². The SMILES string of the molecule is CC(C)(C)C(=O)Nc1ccc(-c2cnc3[nH]cc(C4CCC4)c3c2)cn1. The lowest BCUT2D eigenvalue weighted by Gasteiger charge is -2.24. The van der Waals surface area contributed by atoms with E-state index in [0.717, 1.165) is 16.8 Å². The van der Waals surface area contributed by atoms with Crippen molar-refractivity contribution in [2.45, 2.75) is 46.0 Å². The predicted octanol–water partition coefficient (Wildman–Crippen LogP) is 4.88. The van der Waals surface area contributed by atoms with Crippen LogP contribution < -0.4 is 5.32 Å². The van der Waals surface area contributed by atoms with Gasteiger partial charge in [0.05, 0.1) is 0 Å².